The number of rotatable bonds is 6. The largest absolute Gasteiger partial charge is 0.491 e. The van der Waals surface area contributed by atoms with Gasteiger partial charge in [0, 0.05) is 23.0 Å². The van der Waals surface area contributed by atoms with Gasteiger partial charge >= 0.3 is 0 Å². The van der Waals surface area contributed by atoms with Gasteiger partial charge in [-0.05, 0) is 38.3 Å². The molecule has 2 aromatic rings. The van der Waals surface area contributed by atoms with Crippen molar-refractivity contribution in [1.82, 2.24) is 5.32 Å². The Morgan fingerprint density at radius 1 is 1.11 bits per heavy atom. The van der Waals surface area contributed by atoms with Crippen molar-refractivity contribution in [3.05, 3.63) is 52.2 Å². The third kappa shape index (κ3) is 4.08. The molecule has 2 rings (SSSR count). The molecule has 0 spiro atoms. The molecular weight excluding hydrogens is 254 g/mol. The molecular formula is C16H21NOS. The Kier molecular flexibility index (Phi) is 5.00. The monoisotopic (exact) mass is 275 g/mol. The molecule has 0 fully saturated rings. The normalized spacial score (nSPS) is 12.6. The lowest BCUT2D eigenvalue weighted by molar-refractivity contribution is 0.238. The van der Waals surface area contributed by atoms with Crippen LogP contribution < -0.4 is 10.1 Å². The number of hydrogen-bond acceptors (Lipinski definition) is 3. The molecule has 1 heterocycles. The predicted molar refractivity (Wildman–Crippen MR) is 81.8 cm³/mol. The van der Waals surface area contributed by atoms with Crippen molar-refractivity contribution in [1.29, 1.82) is 0 Å². The van der Waals surface area contributed by atoms with E-state index in [2.05, 4.69) is 55.7 Å². The fourth-order valence-corrected chi connectivity index (χ4v) is 2.63. The number of benzene rings is 1. The first-order valence-corrected chi connectivity index (χ1v) is 7.56. The SMILES string of the molecule is CC(C)Oc1ccccc1C(C)NCc1cccs1. The highest BCUT2D eigenvalue weighted by Crippen LogP contribution is 2.26. The molecule has 0 saturated carbocycles. The first-order valence-electron chi connectivity index (χ1n) is 6.68. The second-order valence-electron chi connectivity index (χ2n) is 4.89. The van der Waals surface area contributed by atoms with Crippen LogP contribution in [-0.4, -0.2) is 6.10 Å². The molecule has 1 N–H and O–H groups in total. The molecule has 2 nitrogen and oxygen atoms in total. The van der Waals surface area contributed by atoms with E-state index in [0.717, 1.165) is 12.3 Å². The summed E-state index contributed by atoms with van der Waals surface area (Å²) in [4.78, 5) is 1.36. The number of hydrogen-bond donors (Lipinski definition) is 1. The van der Waals surface area contributed by atoms with Gasteiger partial charge in [-0.25, -0.2) is 0 Å². The zero-order valence-electron chi connectivity index (χ0n) is 11.7. The summed E-state index contributed by atoms with van der Waals surface area (Å²) in [5.41, 5.74) is 1.22. The van der Waals surface area contributed by atoms with Crippen LogP contribution >= 0.6 is 11.3 Å². The molecule has 0 aliphatic heterocycles. The lowest BCUT2D eigenvalue weighted by atomic mass is 10.1. The molecule has 1 aromatic heterocycles. The molecule has 1 aromatic carbocycles. The lowest BCUT2D eigenvalue weighted by Gasteiger charge is -2.19. The Morgan fingerprint density at radius 2 is 1.89 bits per heavy atom. The summed E-state index contributed by atoms with van der Waals surface area (Å²) in [6.45, 7) is 7.19. The minimum atomic E-state index is 0.200. The maximum atomic E-state index is 5.87. The highest BCUT2D eigenvalue weighted by Gasteiger charge is 2.11. The summed E-state index contributed by atoms with van der Waals surface area (Å²) in [5.74, 6) is 0.976. The van der Waals surface area contributed by atoms with Crippen molar-refractivity contribution in [3.8, 4) is 5.75 Å². The molecule has 0 bridgehead atoms. The average molecular weight is 275 g/mol. The molecule has 0 aliphatic carbocycles. The van der Waals surface area contributed by atoms with Crippen molar-refractivity contribution in [2.75, 3.05) is 0 Å². The minimum absolute atomic E-state index is 0.200. The number of ether oxygens (including phenoxy) is 1. The summed E-state index contributed by atoms with van der Waals surface area (Å²) in [6, 6.07) is 12.8. The summed E-state index contributed by atoms with van der Waals surface area (Å²) in [5, 5.41) is 5.65. The van der Waals surface area contributed by atoms with Crippen LogP contribution in [0.25, 0.3) is 0 Å². The van der Waals surface area contributed by atoms with E-state index in [4.69, 9.17) is 4.74 Å². The van der Waals surface area contributed by atoms with E-state index in [9.17, 15) is 0 Å². The van der Waals surface area contributed by atoms with Gasteiger partial charge in [-0.2, -0.15) is 0 Å². The van der Waals surface area contributed by atoms with E-state index >= 15 is 0 Å². The summed E-state index contributed by atoms with van der Waals surface area (Å²) in [6.07, 6.45) is 0.200. The summed E-state index contributed by atoms with van der Waals surface area (Å²) in [7, 11) is 0. The van der Waals surface area contributed by atoms with Gasteiger partial charge in [-0.3, -0.25) is 0 Å². The van der Waals surface area contributed by atoms with E-state index in [1.807, 2.05) is 12.1 Å². The van der Waals surface area contributed by atoms with Crippen molar-refractivity contribution < 1.29 is 4.74 Å². The number of para-hydroxylation sites is 1. The van der Waals surface area contributed by atoms with Crippen LogP contribution in [0, 0.1) is 0 Å². The van der Waals surface area contributed by atoms with Gasteiger partial charge in [-0.1, -0.05) is 24.3 Å². The molecule has 19 heavy (non-hydrogen) atoms. The minimum Gasteiger partial charge on any atom is -0.491 e. The van der Waals surface area contributed by atoms with Gasteiger partial charge in [0.05, 0.1) is 6.10 Å². The van der Waals surface area contributed by atoms with Gasteiger partial charge in [0.25, 0.3) is 0 Å². The van der Waals surface area contributed by atoms with Crippen molar-refractivity contribution in [3.63, 3.8) is 0 Å². The van der Waals surface area contributed by atoms with E-state index in [1.165, 1.54) is 10.4 Å². The Labute approximate surface area is 119 Å². The molecule has 0 saturated heterocycles. The fraction of sp³-hybridized carbons (Fsp3) is 0.375. The molecule has 1 atom stereocenters. The molecule has 0 amide bonds. The van der Waals surface area contributed by atoms with Crippen LogP contribution in [0.15, 0.2) is 41.8 Å². The Balaban J connectivity index is 2.03. The second kappa shape index (κ2) is 6.73. The van der Waals surface area contributed by atoms with E-state index in [-0.39, 0.29) is 12.1 Å². The summed E-state index contributed by atoms with van der Waals surface area (Å²) < 4.78 is 5.87. The highest BCUT2D eigenvalue weighted by atomic mass is 32.1. The number of thiophene rings is 1. The predicted octanol–water partition coefficient (Wildman–Crippen LogP) is 4.39. The third-order valence-corrected chi connectivity index (χ3v) is 3.79. The quantitative estimate of drug-likeness (QED) is 0.844. The van der Waals surface area contributed by atoms with Gasteiger partial charge in [-0.15, -0.1) is 11.3 Å². The third-order valence-electron chi connectivity index (χ3n) is 2.91. The maximum Gasteiger partial charge on any atom is 0.124 e. The van der Waals surface area contributed by atoms with Gasteiger partial charge in [0.2, 0.25) is 0 Å². The standard InChI is InChI=1S/C16H21NOS/c1-12(2)18-16-9-5-4-8-15(16)13(3)17-11-14-7-6-10-19-14/h4-10,12-13,17H,11H2,1-3H3. The average Bonchev–Trinajstić information content (AvgIpc) is 2.89. The van der Waals surface area contributed by atoms with E-state index in [0.29, 0.717) is 0 Å². The molecule has 0 aliphatic rings. The molecule has 0 radical (unpaired) electrons. The van der Waals surface area contributed by atoms with Crippen LogP contribution in [0.2, 0.25) is 0 Å². The Hall–Kier alpha value is -1.32. The van der Waals surface area contributed by atoms with Crippen LogP contribution in [0.3, 0.4) is 0 Å². The lowest BCUT2D eigenvalue weighted by Crippen LogP contribution is -2.19. The van der Waals surface area contributed by atoms with Crippen LogP contribution in [0.1, 0.15) is 37.3 Å². The maximum absolute atomic E-state index is 5.87. The van der Waals surface area contributed by atoms with E-state index < -0.39 is 0 Å². The summed E-state index contributed by atoms with van der Waals surface area (Å²) >= 11 is 1.78. The molecule has 102 valence electrons. The molecule has 3 heteroatoms. The van der Waals surface area contributed by atoms with Crippen LogP contribution in [-0.2, 0) is 6.54 Å². The van der Waals surface area contributed by atoms with Crippen LogP contribution in [0.4, 0.5) is 0 Å². The van der Waals surface area contributed by atoms with Gasteiger partial charge in [0.15, 0.2) is 0 Å². The first kappa shape index (κ1) is 14.1. The number of nitrogens with one attached hydrogen (secondary N) is 1. The Morgan fingerprint density at radius 3 is 2.58 bits per heavy atom. The van der Waals surface area contributed by atoms with Crippen LogP contribution in [0.5, 0.6) is 5.75 Å². The smallest absolute Gasteiger partial charge is 0.124 e. The molecule has 1 unspecified atom stereocenters. The van der Waals surface area contributed by atoms with E-state index in [1.54, 1.807) is 11.3 Å². The van der Waals surface area contributed by atoms with Crippen molar-refractivity contribution in [2.24, 2.45) is 0 Å². The van der Waals surface area contributed by atoms with Gasteiger partial charge < -0.3 is 10.1 Å². The van der Waals surface area contributed by atoms with Crippen molar-refractivity contribution in [2.45, 2.75) is 39.5 Å². The fourth-order valence-electron chi connectivity index (χ4n) is 1.98. The zero-order valence-corrected chi connectivity index (χ0v) is 12.5. The zero-order chi connectivity index (χ0) is 13.7. The first-order chi connectivity index (χ1) is 9.16. The highest BCUT2D eigenvalue weighted by molar-refractivity contribution is 7.09. The Bertz CT molecular complexity index is 493. The second-order valence-corrected chi connectivity index (χ2v) is 5.92. The van der Waals surface area contributed by atoms with Gasteiger partial charge in [0.1, 0.15) is 5.75 Å². The topological polar surface area (TPSA) is 21.3 Å². The van der Waals surface area contributed by atoms with Crippen molar-refractivity contribution >= 4 is 11.3 Å².